The van der Waals surface area contributed by atoms with Crippen molar-refractivity contribution < 1.29 is 23.9 Å². The summed E-state index contributed by atoms with van der Waals surface area (Å²) in [6.45, 7) is 0. The predicted octanol–water partition coefficient (Wildman–Crippen LogP) is 2.40. The van der Waals surface area contributed by atoms with Crippen molar-refractivity contribution >= 4 is 17.6 Å². The Morgan fingerprint density at radius 2 is 1.76 bits per heavy atom. The zero-order valence-corrected chi connectivity index (χ0v) is 16.3. The predicted molar refractivity (Wildman–Crippen MR) is 107 cm³/mol. The van der Waals surface area contributed by atoms with Gasteiger partial charge in [0.2, 0.25) is 11.8 Å². The molecule has 2 aromatic carbocycles. The molecule has 1 aliphatic rings. The number of nitrogens with two attached hydrogens (primary N) is 1. The lowest BCUT2D eigenvalue weighted by molar-refractivity contribution is -0.131. The van der Waals surface area contributed by atoms with E-state index in [4.69, 9.17) is 15.2 Å². The van der Waals surface area contributed by atoms with Crippen LogP contribution in [0.5, 0.6) is 11.5 Å². The van der Waals surface area contributed by atoms with Crippen LogP contribution >= 0.6 is 0 Å². The number of ether oxygens (including phenoxy) is 2. The summed E-state index contributed by atoms with van der Waals surface area (Å²) < 4.78 is 10.5. The van der Waals surface area contributed by atoms with Gasteiger partial charge in [0.15, 0.2) is 17.3 Å². The number of carbonyl (C=O) groups is 3. The van der Waals surface area contributed by atoms with E-state index in [1.807, 2.05) is 30.3 Å². The van der Waals surface area contributed by atoms with Gasteiger partial charge in [0.05, 0.1) is 26.7 Å². The van der Waals surface area contributed by atoms with Crippen LogP contribution in [0.4, 0.5) is 0 Å². The highest BCUT2D eigenvalue weighted by atomic mass is 16.5. The minimum atomic E-state index is -0.669. The van der Waals surface area contributed by atoms with Crippen molar-refractivity contribution in [2.24, 2.45) is 5.73 Å². The van der Waals surface area contributed by atoms with Crippen LogP contribution in [0.3, 0.4) is 0 Å². The lowest BCUT2D eigenvalue weighted by Gasteiger charge is -2.31. The molecule has 7 heteroatoms. The van der Waals surface area contributed by atoms with Gasteiger partial charge in [-0.1, -0.05) is 30.3 Å². The maximum absolute atomic E-state index is 13.1. The Labute approximate surface area is 168 Å². The summed E-state index contributed by atoms with van der Waals surface area (Å²) in [6, 6.07) is 12.0. The number of rotatable bonds is 6. The quantitative estimate of drug-likeness (QED) is 0.811. The summed E-state index contributed by atoms with van der Waals surface area (Å²) in [5, 5.41) is 0. The summed E-state index contributed by atoms with van der Waals surface area (Å²) in [5.74, 6) is -0.241. The highest BCUT2D eigenvalue weighted by Gasteiger charge is 2.29. The number of carbonyl (C=O) groups excluding carboxylic acids is 3. The molecule has 2 amide bonds. The van der Waals surface area contributed by atoms with E-state index in [1.54, 1.807) is 6.07 Å². The fourth-order valence-electron chi connectivity index (χ4n) is 3.39. The molecule has 3 rings (SSSR count). The Hall–Kier alpha value is -3.61. The van der Waals surface area contributed by atoms with Gasteiger partial charge in [-0.15, -0.1) is 0 Å². The van der Waals surface area contributed by atoms with Crippen molar-refractivity contribution in [3.63, 3.8) is 0 Å². The monoisotopic (exact) mass is 394 g/mol. The van der Waals surface area contributed by atoms with Crippen molar-refractivity contribution in [2.45, 2.75) is 18.9 Å². The molecule has 2 N–H and O–H groups in total. The maximum Gasteiger partial charge on any atom is 0.249 e. The van der Waals surface area contributed by atoms with Crippen molar-refractivity contribution in [1.82, 2.24) is 4.90 Å². The van der Waals surface area contributed by atoms with Gasteiger partial charge < -0.3 is 20.1 Å². The number of methoxy groups -OCH3 is 2. The van der Waals surface area contributed by atoms with E-state index in [9.17, 15) is 14.4 Å². The second-order valence-electron chi connectivity index (χ2n) is 6.62. The third kappa shape index (κ3) is 4.29. The van der Waals surface area contributed by atoms with E-state index >= 15 is 0 Å². The van der Waals surface area contributed by atoms with E-state index in [1.165, 1.54) is 37.5 Å². The molecule has 1 heterocycles. The van der Waals surface area contributed by atoms with Crippen LogP contribution in [0.1, 0.15) is 33.9 Å². The standard InChI is InChI=1S/C22H22N2O5/c1-28-19-10-15(17(22(23)27)13-20(19)29-2)11-21(26)24-9-8-16(25)12-18(24)14-6-4-3-5-7-14/h3-10,13,18H,11-12H2,1-2H3,(H2,23,27). The molecule has 0 saturated carbocycles. The van der Waals surface area contributed by atoms with E-state index in [2.05, 4.69) is 0 Å². The molecule has 0 aromatic heterocycles. The number of nitrogens with zero attached hydrogens (tertiary/aromatic N) is 1. The maximum atomic E-state index is 13.1. The molecular weight excluding hydrogens is 372 g/mol. The van der Waals surface area contributed by atoms with Gasteiger partial charge in [-0.05, 0) is 29.3 Å². The lowest BCUT2D eigenvalue weighted by atomic mass is 9.95. The number of hydrogen-bond acceptors (Lipinski definition) is 5. The summed E-state index contributed by atoms with van der Waals surface area (Å²) in [7, 11) is 2.92. The van der Waals surface area contributed by atoms with Crippen LogP contribution < -0.4 is 15.2 Å². The zero-order chi connectivity index (χ0) is 21.0. The van der Waals surface area contributed by atoms with Gasteiger partial charge in [-0.2, -0.15) is 0 Å². The van der Waals surface area contributed by atoms with Gasteiger partial charge in [0.25, 0.3) is 0 Å². The molecule has 0 radical (unpaired) electrons. The van der Waals surface area contributed by atoms with Gasteiger partial charge in [0.1, 0.15) is 0 Å². The van der Waals surface area contributed by atoms with E-state index < -0.39 is 11.9 Å². The van der Waals surface area contributed by atoms with Crippen molar-refractivity contribution in [1.29, 1.82) is 0 Å². The van der Waals surface area contributed by atoms with E-state index in [-0.39, 0.29) is 30.1 Å². The van der Waals surface area contributed by atoms with Crippen LogP contribution in [0.25, 0.3) is 0 Å². The molecule has 2 aromatic rings. The molecule has 1 unspecified atom stereocenters. The summed E-state index contributed by atoms with van der Waals surface area (Å²) in [6.07, 6.45) is 3.00. The number of ketones is 1. The van der Waals surface area contributed by atoms with Crippen LogP contribution in [-0.2, 0) is 16.0 Å². The van der Waals surface area contributed by atoms with Crippen molar-refractivity contribution in [2.75, 3.05) is 14.2 Å². The normalized spacial score (nSPS) is 15.9. The summed E-state index contributed by atoms with van der Waals surface area (Å²) in [5.41, 5.74) is 6.98. The molecule has 150 valence electrons. The Bertz CT molecular complexity index is 969. The molecule has 7 nitrogen and oxygen atoms in total. The van der Waals surface area contributed by atoms with Crippen LogP contribution in [0.15, 0.2) is 54.7 Å². The first-order chi connectivity index (χ1) is 13.9. The average molecular weight is 394 g/mol. The minimum absolute atomic E-state index is 0.0492. The molecule has 0 fully saturated rings. The molecule has 0 bridgehead atoms. The van der Waals surface area contributed by atoms with Crippen molar-refractivity contribution in [3.8, 4) is 11.5 Å². The highest BCUT2D eigenvalue weighted by Crippen LogP contribution is 2.33. The zero-order valence-electron chi connectivity index (χ0n) is 16.3. The fourth-order valence-corrected chi connectivity index (χ4v) is 3.39. The van der Waals surface area contributed by atoms with Gasteiger partial charge in [-0.25, -0.2) is 0 Å². The third-order valence-electron chi connectivity index (χ3n) is 4.84. The number of primary amides is 1. The molecule has 1 atom stereocenters. The first-order valence-electron chi connectivity index (χ1n) is 9.06. The highest BCUT2D eigenvalue weighted by molar-refractivity contribution is 5.97. The van der Waals surface area contributed by atoms with Gasteiger partial charge in [-0.3, -0.25) is 14.4 Å². The van der Waals surface area contributed by atoms with Crippen LogP contribution in [0, 0.1) is 0 Å². The largest absolute Gasteiger partial charge is 0.493 e. The fraction of sp³-hybridized carbons (Fsp3) is 0.227. The Balaban J connectivity index is 1.95. The van der Waals surface area contributed by atoms with Crippen LogP contribution in [0.2, 0.25) is 0 Å². The molecular formula is C22H22N2O5. The molecule has 0 saturated heterocycles. The Morgan fingerprint density at radius 3 is 2.38 bits per heavy atom. The lowest BCUT2D eigenvalue weighted by Crippen LogP contribution is -2.35. The number of allylic oxidation sites excluding steroid dienone is 1. The average Bonchev–Trinajstić information content (AvgIpc) is 2.73. The Morgan fingerprint density at radius 1 is 1.10 bits per heavy atom. The molecule has 1 aliphatic heterocycles. The number of benzene rings is 2. The molecule has 0 aliphatic carbocycles. The molecule has 29 heavy (non-hydrogen) atoms. The first kappa shape index (κ1) is 20.1. The van der Waals surface area contributed by atoms with E-state index in [0.29, 0.717) is 17.1 Å². The first-order valence-corrected chi connectivity index (χ1v) is 9.06. The SMILES string of the molecule is COc1cc(CC(=O)N2C=CC(=O)CC2c2ccccc2)c(C(N)=O)cc1OC. The van der Waals surface area contributed by atoms with Gasteiger partial charge in [0, 0.05) is 18.2 Å². The molecule has 0 spiro atoms. The van der Waals surface area contributed by atoms with Crippen molar-refractivity contribution in [3.05, 3.63) is 71.4 Å². The van der Waals surface area contributed by atoms with Crippen LogP contribution in [-0.4, -0.2) is 36.7 Å². The second kappa shape index (κ2) is 8.60. The second-order valence-corrected chi connectivity index (χ2v) is 6.62. The summed E-state index contributed by atoms with van der Waals surface area (Å²) in [4.78, 5) is 38.5. The number of amides is 2. The number of hydrogen-bond donors (Lipinski definition) is 1. The topological polar surface area (TPSA) is 98.9 Å². The summed E-state index contributed by atoms with van der Waals surface area (Å²) >= 11 is 0. The van der Waals surface area contributed by atoms with Gasteiger partial charge >= 0.3 is 0 Å². The van der Waals surface area contributed by atoms with E-state index in [0.717, 1.165) is 5.56 Å². The Kier molecular flexibility index (Phi) is 5.97. The smallest absolute Gasteiger partial charge is 0.249 e. The third-order valence-corrected chi connectivity index (χ3v) is 4.84. The minimum Gasteiger partial charge on any atom is -0.493 e.